The number of carbonyl (C=O) groups is 1. The maximum Gasteiger partial charge on any atom is 0.425 e. The molecule has 0 aliphatic carbocycles. The summed E-state index contributed by atoms with van der Waals surface area (Å²) in [5.41, 5.74) is -2.59. The highest BCUT2D eigenvalue weighted by Crippen LogP contribution is 2.34. The second kappa shape index (κ2) is 7.11. The van der Waals surface area contributed by atoms with Crippen LogP contribution >= 0.6 is 0 Å². The number of hydrogen-bond donors (Lipinski definition) is 2. The predicted molar refractivity (Wildman–Crippen MR) is 87.4 cm³/mol. The lowest BCUT2D eigenvalue weighted by Crippen LogP contribution is -2.46. The fraction of sp³-hybridized carbons (Fsp3) is 0.688. The number of aliphatic hydroxyl groups is 2. The fourth-order valence-corrected chi connectivity index (χ4v) is 2.74. The summed E-state index contributed by atoms with van der Waals surface area (Å²) in [7, 11) is 0. The SMILES string of the molecule is CC1[C@@H](O)[C@@H](CCO)O[C@H]1n1ccc(=O)n(C(=O)OC(C)(C)C)c1=O. The van der Waals surface area contributed by atoms with Crippen molar-refractivity contribution in [3.8, 4) is 0 Å². The maximum absolute atomic E-state index is 12.6. The Morgan fingerprint density at radius 2 is 2.00 bits per heavy atom. The summed E-state index contributed by atoms with van der Waals surface area (Å²) in [5.74, 6) is -0.473. The number of aromatic nitrogens is 2. The van der Waals surface area contributed by atoms with Crippen LogP contribution in [-0.4, -0.2) is 49.9 Å². The van der Waals surface area contributed by atoms with Crippen LogP contribution in [0.2, 0.25) is 0 Å². The zero-order valence-electron chi connectivity index (χ0n) is 14.7. The van der Waals surface area contributed by atoms with Crippen molar-refractivity contribution in [3.05, 3.63) is 33.1 Å². The van der Waals surface area contributed by atoms with Gasteiger partial charge in [0, 0.05) is 24.8 Å². The molecule has 9 heteroatoms. The van der Waals surface area contributed by atoms with E-state index in [1.54, 1.807) is 27.7 Å². The van der Waals surface area contributed by atoms with Crippen LogP contribution in [-0.2, 0) is 9.47 Å². The molecule has 4 atom stereocenters. The van der Waals surface area contributed by atoms with Crippen LogP contribution in [0.15, 0.2) is 21.9 Å². The van der Waals surface area contributed by atoms with Crippen molar-refractivity contribution in [1.29, 1.82) is 0 Å². The summed E-state index contributed by atoms with van der Waals surface area (Å²) in [5, 5.41) is 19.2. The van der Waals surface area contributed by atoms with Gasteiger partial charge >= 0.3 is 11.8 Å². The smallest absolute Gasteiger partial charge is 0.425 e. The van der Waals surface area contributed by atoms with E-state index >= 15 is 0 Å². The van der Waals surface area contributed by atoms with E-state index in [-0.39, 0.29) is 13.0 Å². The molecule has 1 aromatic heterocycles. The van der Waals surface area contributed by atoms with E-state index in [9.17, 15) is 19.5 Å². The zero-order chi connectivity index (χ0) is 18.9. The average Bonchev–Trinajstić information content (AvgIpc) is 2.74. The minimum atomic E-state index is -1.07. The van der Waals surface area contributed by atoms with E-state index < -0.39 is 47.3 Å². The largest absolute Gasteiger partial charge is 0.443 e. The maximum atomic E-state index is 12.6. The van der Waals surface area contributed by atoms with Crippen LogP contribution in [0.25, 0.3) is 0 Å². The van der Waals surface area contributed by atoms with Gasteiger partial charge in [-0.3, -0.25) is 9.36 Å². The fourth-order valence-electron chi connectivity index (χ4n) is 2.74. The van der Waals surface area contributed by atoms with Gasteiger partial charge in [0.25, 0.3) is 5.56 Å². The van der Waals surface area contributed by atoms with Crippen molar-refractivity contribution in [2.24, 2.45) is 5.92 Å². The van der Waals surface area contributed by atoms with Gasteiger partial charge in [-0.25, -0.2) is 9.59 Å². The predicted octanol–water partition coefficient (Wildman–Crippen LogP) is 0.0700. The van der Waals surface area contributed by atoms with Gasteiger partial charge in [-0.15, -0.1) is 0 Å². The van der Waals surface area contributed by atoms with E-state index in [0.717, 1.165) is 10.6 Å². The second-order valence-corrected chi connectivity index (χ2v) is 7.09. The molecule has 25 heavy (non-hydrogen) atoms. The van der Waals surface area contributed by atoms with Crippen molar-refractivity contribution in [1.82, 2.24) is 9.13 Å². The second-order valence-electron chi connectivity index (χ2n) is 7.09. The summed E-state index contributed by atoms with van der Waals surface area (Å²) < 4.78 is 12.2. The number of hydrogen-bond acceptors (Lipinski definition) is 7. The zero-order valence-corrected chi connectivity index (χ0v) is 14.7. The topological polar surface area (TPSA) is 120 Å². The van der Waals surface area contributed by atoms with Crippen LogP contribution in [0.3, 0.4) is 0 Å². The van der Waals surface area contributed by atoms with Gasteiger partial charge in [0.2, 0.25) is 0 Å². The Morgan fingerprint density at radius 3 is 2.56 bits per heavy atom. The first kappa shape index (κ1) is 19.4. The van der Waals surface area contributed by atoms with Gasteiger partial charge in [0.05, 0.1) is 12.2 Å². The molecule has 2 N–H and O–H groups in total. The molecule has 0 aromatic carbocycles. The molecule has 1 unspecified atom stereocenters. The van der Waals surface area contributed by atoms with Gasteiger partial charge in [0.1, 0.15) is 11.8 Å². The molecule has 140 valence electrons. The third-order valence-electron chi connectivity index (χ3n) is 3.96. The minimum Gasteiger partial charge on any atom is -0.443 e. The van der Waals surface area contributed by atoms with E-state index in [2.05, 4.69) is 0 Å². The molecule has 0 saturated carbocycles. The van der Waals surface area contributed by atoms with Crippen LogP contribution < -0.4 is 11.2 Å². The quantitative estimate of drug-likeness (QED) is 0.786. The molecule has 0 spiro atoms. The Balaban J connectivity index is 2.42. The van der Waals surface area contributed by atoms with Gasteiger partial charge in [-0.1, -0.05) is 6.92 Å². The summed E-state index contributed by atoms with van der Waals surface area (Å²) in [6.45, 7) is 6.37. The lowest BCUT2D eigenvalue weighted by molar-refractivity contribution is -0.0338. The highest BCUT2D eigenvalue weighted by Gasteiger charge is 2.42. The van der Waals surface area contributed by atoms with Gasteiger partial charge in [-0.2, -0.15) is 4.57 Å². The molecular weight excluding hydrogens is 332 g/mol. The molecule has 1 aromatic rings. The molecule has 1 aliphatic rings. The minimum absolute atomic E-state index is 0.173. The van der Waals surface area contributed by atoms with E-state index in [1.807, 2.05) is 0 Å². The average molecular weight is 356 g/mol. The standard InChI is InChI=1S/C16H24N2O7/c1-9-12(21)10(6-8-19)24-13(9)17-7-5-11(20)18(14(17)22)15(23)25-16(2,3)4/h5,7,9-10,12-13,19,21H,6,8H2,1-4H3/t9?,10-,12-,13-/m1/s1. The first-order chi connectivity index (χ1) is 11.6. The van der Waals surface area contributed by atoms with Crippen LogP contribution in [0.5, 0.6) is 0 Å². The number of carbonyl (C=O) groups excluding carboxylic acids is 1. The molecule has 1 saturated heterocycles. The first-order valence-corrected chi connectivity index (χ1v) is 8.08. The summed E-state index contributed by atoms with van der Waals surface area (Å²) in [4.78, 5) is 36.8. The van der Waals surface area contributed by atoms with E-state index in [1.165, 1.54) is 6.20 Å². The van der Waals surface area contributed by atoms with Gasteiger partial charge in [0.15, 0.2) is 0 Å². The normalized spacial score (nSPS) is 26.6. The molecule has 0 bridgehead atoms. The van der Waals surface area contributed by atoms with Crippen LogP contribution in [0.4, 0.5) is 4.79 Å². The van der Waals surface area contributed by atoms with Crippen molar-refractivity contribution >= 4 is 6.09 Å². The third-order valence-corrected chi connectivity index (χ3v) is 3.96. The van der Waals surface area contributed by atoms with E-state index in [0.29, 0.717) is 4.57 Å². The molecule has 1 fully saturated rings. The highest BCUT2D eigenvalue weighted by molar-refractivity contribution is 5.70. The Hall–Kier alpha value is -1.97. The van der Waals surface area contributed by atoms with Gasteiger partial charge < -0.3 is 19.7 Å². The summed E-state index contributed by atoms with van der Waals surface area (Å²) in [6, 6.07) is 1.06. The molecule has 9 nitrogen and oxygen atoms in total. The van der Waals surface area contributed by atoms with Crippen molar-refractivity contribution in [3.63, 3.8) is 0 Å². The van der Waals surface area contributed by atoms with Crippen LogP contribution in [0.1, 0.15) is 40.3 Å². The monoisotopic (exact) mass is 356 g/mol. The molecular formula is C16H24N2O7. The van der Waals surface area contributed by atoms with Crippen LogP contribution in [0, 0.1) is 5.92 Å². The summed E-state index contributed by atoms with van der Waals surface area (Å²) >= 11 is 0. The number of nitrogens with zero attached hydrogens (tertiary/aromatic N) is 2. The molecule has 2 heterocycles. The number of rotatable bonds is 3. The third kappa shape index (κ3) is 4.00. The lowest BCUT2D eigenvalue weighted by Gasteiger charge is -2.21. The Kier molecular flexibility index (Phi) is 5.50. The molecule has 2 rings (SSSR count). The molecule has 0 amide bonds. The van der Waals surface area contributed by atoms with Crippen molar-refractivity contribution < 1.29 is 24.5 Å². The lowest BCUT2D eigenvalue weighted by atomic mass is 10.0. The Morgan fingerprint density at radius 1 is 1.36 bits per heavy atom. The number of ether oxygens (including phenoxy) is 2. The van der Waals surface area contributed by atoms with E-state index in [4.69, 9.17) is 14.6 Å². The van der Waals surface area contributed by atoms with Crippen molar-refractivity contribution in [2.75, 3.05) is 6.61 Å². The van der Waals surface area contributed by atoms with Crippen molar-refractivity contribution in [2.45, 2.75) is 58.2 Å². The van der Waals surface area contributed by atoms with Gasteiger partial charge in [-0.05, 0) is 27.2 Å². The number of aliphatic hydroxyl groups excluding tert-OH is 2. The highest BCUT2D eigenvalue weighted by atomic mass is 16.6. The first-order valence-electron chi connectivity index (χ1n) is 8.08. The molecule has 0 radical (unpaired) electrons. The molecule has 1 aliphatic heterocycles. The summed E-state index contributed by atoms with van der Waals surface area (Å²) in [6.07, 6.45) is -2.03. The Bertz CT molecular complexity index is 746. The Labute approximate surface area is 144 Å².